The summed E-state index contributed by atoms with van der Waals surface area (Å²) >= 11 is 0. The smallest absolute Gasteiger partial charge is 0.0847 e. The normalized spacial score (nSPS) is 47.8. The maximum absolute atomic E-state index is 5.36. The Morgan fingerprint density at radius 2 is 1.11 bits per heavy atom. The monoisotopic (exact) mass is 248 g/mol. The first kappa shape index (κ1) is 12.4. The van der Waals surface area contributed by atoms with Gasteiger partial charge in [0.15, 0.2) is 0 Å². The quantitative estimate of drug-likeness (QED) is 0.552. The summed E-state index contributed by atoms with van der Waals surface area (Å²) in [5.74, 6) is 1.49. The molecular formula is C16H24O2. The second-order valence-electron chi connectivity index (χ2n) is 6.04. The lowest BCUT2D eigenvalue weighted by Gasteiger charge is -2.12. The van der Waals surface area contributed by atoms with Crippen molar-refractivity contribution in [2.45, 2.75) is 62.9 Å². The van der Waals surface area contributed by atoms with E-state index in [1.807, 2.05) is 0 Å². The molecular weight excluding hydrogens is 224 g/mol. The summed E-state index contributed by atoms with van der Waals surface area (Å²) in [5, 5.41) is 0. The van der Waals surface area contributed by atoms with Crippen LogP contribution >= 0.6 is 0 Å². The standard InChI is InChI=1S/2C8H12O/c2*1-2-6-3-4-7-8(5-6)9-7/h2*2,6-8H,1,3-5H2. The van der Waals surface area contributed by atoms with Crippen LogP contribution in [0.2, 0.25) is 0 Å². The number of hydrogen-bond acceptors (Lipinski definition) is 2. The van der Waals surface area contributed by atoms with E-state index in [2.05, 4.69) is 25.3 Å². The van der Waals surface area contributed by atoms with Crippen LogP contribution in [0.4, 0.5) is 0 Å². The highest BCUT2D eigenvalue weighted by Crippen LogP contribution is 2.40. The topological polar surface area (TPSA) is 25.1 Å². The molecule has 2 aliphatic heterocycles. The van der Waals surface area contributed by atoms with Crippen molar-refractivity contribution in [3.8, 4) is 0 Å². The molecule has 4 fully saturated rings. The molecule has 2 aliphatic carbocycles. The van der Waals surface area contributed by atoms with E-state index in [0.29, 0.717) is 24.4 Å². The number of epoxide rings is 2. The van der Waals surface area contributed by atoms with E-state index in [0.717, 1.165) is 11.8 Å². The van der Waals surface area contributed by atoms with Crippen LogP contribution in [0.5, 0.6) is 0 Å². The highest BCUT2D eigenvalue weighted by atomic mass is 16.6. The molecule has 18 heavy (non-hydrogen) atoms. The fourth-order valence-electron chi connectivity index (χ4n) is 3.30. The average Bonchev–Trinajstić information content (AvgIpc) is 3.30. The van der Waals surface area contributed by atoms with Crippen molar-refractivity contribution in [3.05, 3.63) is 25.3 Å². The molecule has 0 aromatic rings. The molecule has 0 bridgehead atoms. The lowest BCUT2D eigenvalue weighted by molar-refractivity contribution is 0.370. The summed E-state index contributed by atoms with van der Waals surface area (Å²) in [7, 11) is 0. The van der Waals surface area contributed by atoms with Crippen molar-refractivity contribution in [1.82, 2.24) is 0 Å². The minimum atomic E-state index is 0.613. The summed E-state index contributed by atoms with van der Waals surface area (Å²) in [4.78, 5) is 0. The molecule has 6 unspecified atom stereocenters. The Bertz CT molecular complexity index is 293. The molecule has 4 aliphatic rings. The van der Waals surface area contributed by atoms with Crippen LogP contribution < -0.4 is 0 Å². The van der Waals surface area contributed by atoms with E-state index in [4.69, 9.17) is 9.47 Å². The van der Waals surface area contributed by atoms with E-state index in [-0.39, 0.29) is 0 Å². The Balaban J connectivity index is 0.000000111. The van der Waals surface area contributed by atoms with Crippen LogP contribution in [0.25, 0.3) is 0 Å². The molecule has 0 N–H and O–H groups in total. The lowest BCUT2D eigenvalue weighted by atomic mass is 9.90. The van der Waals surface area contributed by atoms with Gasteiger partial charge in [-0.25, -0.2) is 0 Å². The molecule has 2 heteroatoms. The van der Waals surface area contributed by atoms with Gasteiger partial charge in [0, 0.05) is 0 Å². The van der Waals surface area contributed by atoms with Gasteiger partial charge in [0.2, 0.25) is 0 Å². The highest BCUT2D eigenvalue weighted by molar-refractivity contribution is 4.97. The SMILES string of the molecule is C=CC1CCC2OC2C1.C=CC1CCC2OC2C1. The molecule has 0 amide bonds. The Morgan fingerprint density at radius 1 is 0.667 bits per heavy atom. The summed E-state index contributed by atoms with van der Waals surface area (Å²) in [6.45, 7) is 7.56. The zero-order chi connectivity index (χ0) is 12.5. The van der Waals surface area contributed by atoms with Gasteiger partial charge in [0.25, 0.3) is 0 Å². The van der Waals surface area contributed by atoms with E-state index >= 15 is 0 Å². The molecule has 0 aromatic heterocycles. The maximum atomic E-state index is 5.36. The van der Waals surface area contributed by atoms with E-state index < -0.39 is 0 Å². The Labute approximate surface area is 110 Å². The number of allylic oxidation sites excluding steroid dienone is 2. The molecule has 2 heterocycles. The summed E-state index contributed by atoms with van der Waals surface area (Å²) in [5.41, 5.74) is 0. The molecule has 0 radical (unpaired) electrons. The van der Waals surface area contributed by atoms with Crippen molar-refractivity contribution < 1.29 is 9.47 Å². The first-order valence-electron chi connectivity index (χ1n) is 7.36. The third-order valence-electron chi connectivity index (χ3n) is 4.76. The maximum Gasteiger partial charge on any atom is 0.0847 e. The summed E-state index contributed by atoms with van der Waals surface area (Å²) in [6.07, 6.45) is 14.2. The largest absolute Gasteiger partial charge is 0.370 e. The molecule has 0 aromatic carbocycles. The van der Waals surface area contributed by atoms with Crippen LogP contribution in [0.3, 0.4) is 0 Å². The predicted molar refractivity (Wildman–Crippen MR) is 72.4 cm³/mol. The van der Waals surface area contributed by atoms with Crippen LogP contribution in [-0.2, 0) is 9.47 Å². The van der Waals surface area contributed by atoms with Crippen molar-refractivity contribution >= 4 is 0 Å². The second-order valence-corrected chi connectivity index (χ2v) is 6.04. The Hall–Kier alpha value is -0.600. The zero-order valence-corrected chi connectivity index (χ0v) is 11.1. The first-order valence-corrected chi connectivity index (χ1v) is 7.36. The van der Waals surface area contributed by atoms with Gasteiger partial charge >= 0.3 is 0 Å². The Morgan fingerprint density at radius 3 is 1.44 bits per heavy atom. The second kappa shape index (κ2) is 5.18. The summed E-state index contributed by atoms with van der Waals surface area (Å²) in [6, 6.07) is 0. The average molecular weight is 248 g/mol. The molecule has 4 rings (SSSR count). The predicted octanol–water partition coefficient (Wildman–Crippen LogP) is 3.48. The van der Waals surface area contributed by atoms with E-state index in [1.165, 1.54) is 38.5 Å². The Kier molecular flexibility index (Phi) is 3.58. The van der Waals surface area contributed by atoms with Gasteiger partial charge in [-0.1, -0.05) is 12.2 Å². The minimum Gasteiger partial charge on any atom is -0.370 e. The van der Waals surface area contributed by atoms with Crippen molar-refractivity contribution in [3.63, 3.8) is 0 Å². The number of fused-ring (bicyclic) bond motifs is 2. The van der Waals surface area contributed by atoms with Gasteiger partial charge in [-0.05, 0) is 50.4 Å². The molecule has 2 nitrogen and oxygen atoms in total. The molecule has 2 saturated heterocycles. The molecule has 2 saturated carbocycles. The van der Waals surface area contributed by atoms with Gasteiger partial charge in [0.1, 0.15) is 0 Å². The third-order valence-corrected chi connectivity index (χ3v) is 4.76. The lowest BCUT2D eigenvalue weighted by Crippen LogP contribution is -2.10. The molecule has 0 spiro atoms. The van der Waals surface area contributed by atoms with Crippen LogP contribution in [-0.4, -0.2) is 24.4 Å². The van der Waals surface area contributed by atoms with Crippen LogP contribution in [0, 0.1) is 11.8 Å². The van der Waals surface area contributed by atoms with Crippen molar-refractivity contribution in [2.24, 2.45) is 11.8 Å². The van der Waals surface area contributed by atoms with Crippen LogP contribution in [0.15, 0.2) is 25.3 Å². The fourth-order valence-corrected chi connectivity index (χ4v) is 3.30. The van der Waals surface area contributed by atoms with Crippen LogP contribution in [0.1, 0.15) is 38.5 Å². The summed E-state index contributed by atoms with van der Waals surface area (Å²) < 4.78 is 10.7. The van der Waals surface area contributed by atoms with Crippen molar-refractivity contribution in [2.75, 3.05) is 0 Å². The highest BCUT2D eigenvalue weighted by Gasteiger charge is 2.43. The van der Waals surface area contributed by atoms with Gasteiger partial charge in [-0.3, -0.25) is 0 Å². The van der Waals surface area contributed by atoms with E-state index in [1.54, 1.807) is 0 Å². The van der Waals surface area contributed by atoms with Gasteiger partial charge in [-0.2, -0.15) is 0 Å². The number of ether oxygens (including phenoxy) is 2. The van der Waals surface area contributed by atoms with Gasteiger partial charge < -0.3 is 9.47 Å². The molecule has 6 atom stereocenters. The third kappa shape index (κ3) is 2.86. The first-order chi connectivity index (χ1) is 8.80. The van der Waals surface area contributed by atoms with E-state index in [9.17, 15) is 0 Å². The zero-order valence-electron chi connectivity index (χ0n) is 11.1. The number of hydrogen-bond donors (Lipinski definition) is 0. The van der Waals surface area contributed by atoms with Crippen molar-refractivity contribution in [1.29, 1.82) is 0 Å². The minimum absolute atomic E-state index is 0.613. The molecule has 100 valence electrons. The van der Waals surface area contributed by atoms with Gasteiger partial charge in [-0.15, -0.1) is 13.2 Å². The van der Waals surface area contributed by atoms with Gasteiger partial charge in [0.05, 0.1) is 24.4 Å². The number of rotatable bonds is 2. The fraction of sp³-hybridized carbons (Fsp3) is 0.750.